The van der Waals surface area contributed by atoms with Gasteiger partial charge in [-0.15, -0.1) is 0 Å². The van der Waals surface area contributed by atoms with Crippen LogP contribution in [0.1, 0.15) is 5.69 Å². The molecule has 1 amide bonds. The predicted molar refractivity (Wildman–Crippen MR) is 46.6 cm³/mol. The summed E-state index contributed by atoms with van der Waals surface area (Å²) in [7, 11) is 1.70. The molecule has 0 spiro atoms. The van der Waals surface area contributed by atoms with Crippen LogP contribution in [0, 0.1) is 0 Å². The molecule has 0 aliphatic rings. The van der Waals surface area contributed by atoms with Gasteiger partial charge in [-0.2, -0.15) is 0 Å². The molecule has 1 heterocycles. The smallest absolute Gasteiger partial charge is 0.278 e. The standard InChI is InChI=1S/C7H10N2OS/c1-9(7(10)11)5-6-3-2-4-8-6/h2-4,8H,5H2,1H3,(H,10,11). The van der Waals surface area contributed by atoms with Gasteiger partial charge in [0.05, 0.1) is 6.54 Å². The van der Waals surface area contributed by atoms with Crippen LogP contribution in [0.25, 0.3) is 0 Å². The second kappa shape index (κ2) is 3.48. The monoisotopic (exact) mass is 170 g/mol. The van der Waals surface area contributed by atoms with E-state index in [1.807, 2.05) is 18.3 Å². The topological polar surface area (TPSA) is 36.1 Å². The quantitative estimate of drug-likeness (QED) is 0.648. The number of rotatable bonds is 2. The third-order valence-electron chi connectivity index (χ3n) is 1.40. The Bertz CT molecular complexity index is 233. The summed E-state index contributed by atoms with van der Waals surface area (Å²) in [5, 5.41) is -0.223. The first kappa shape index (κ1) is 8.20. The van der Waals surface area contributed by atoms with Crippen LogP contribution in [0.15, 0.2) is 18.3 Å². The van der Waals surface area contributed by atoms with Crippen LogP contribution in [0.4, 0.5) is 4.79 Å². The van der Waals surface area contributed by atoms with E-state index in [-0.39, 0.29) is 5.24 Å². The number of nitrogens with zero attached hydrogens (tertiary/aromatic N) is 1. The highest BCUT2D eigenvalue weighted by Gasteiger charge is 2.03. The number of carbonyl (C=O) groups excluding carboxylic acids is 1. The van der Waals surface area contributed by atoms with Crippen LogP contribution < -0.4 is 0 Å². The minimum absolute atomic E-state index is 0.223. The summed E-state index contributed by atoms with van der Waals surface area (Å²) in [5.74, 6) is 0. The molecule has 0 atom stereocenters. The van der Waals surface area contributed by atoms with E-state index in [1.54, 1.807) is 7.05 Å². The number of nitrogens with one attached hydrogen (secondary N) is 1. The van der Waals surface area contributed by atoms with Crippen LogP contribution in [0.2, 0.25) is 0 Å². The van der Waals surface area contributed by atoms with Gasteiger partial charge in [0.2, 0.25) is 0 Å². The third-order valence-corrected chi connectivity index (χ3v) is 1.74. The molecule has 1 N–H and O–H groups in total. The molecular weight excluding hydrogens is 160 g/mol. The maximum Gasteiger partial charge on any atom is 0.278 e. The van der Waals surface area contributed by atoms with Crippen molar-refractivity contribution in [2.24, 2.45) is 0 Å². The zero-order valence-electron chi connectivity index (χ0n) is 6.24. The van der Waals surface area contributed by atoms with Gasteiger partial charge in [-0.05, 0) is 12.1 Å². The first-order valence-electron chi connectivity index (χ1n) is 3.26. The number of hydrogen-bond donors (Lipinski definition) is 2. The van der Waals surface area contributed by atoms with Gasteiger partial charge >= 0.3 is 0 Å². The minimum Gasteiger partial charge on any atom is -0.364 e. The molecule has 0 unspecified atom stereocenters. The van der Waals surface area contributed by atoms with Crippen molar-refractivity contribution < 1.29 is 4.79 Å². The van der Waals surface area contributed by atoms with Gasteiger partial charge < -0.3 is 9.88 Å². The third kappa shape index (κ3) is 2.31. The lowest BCUT2D eigenvalue weighted by Gasteiger charge is -2.11. The fourth-order valence-electron chi connectivity index (χ4n) is 0.789. The average Bonchev–Trinajstić information content (AvgIpc) is 2.39. The second-order valence-electron chi connectivity index (χ2n) is 2.33. The number of thiol groups is 1. The van der Waals surface area contributed by atoms with Crippen molar-refractivity contribution in [3.8, 4) is 0 Å². The van der Waals surface area contributed by atoms with Crippen molar-refractivity contribution in [3.63, 3.8) is 0 Å². The van der Waals surface area contributed by atoms with Crippen LogP contribution in [0.5, 0.6) is 0 Å². The first-order chi connectivity index (χ1) is 5.20. The largest absolute Gasteiger partial charge is 0.364 e. The zero-order chi connectivity index (χ0) is 8.27. The van der Waals surface area contributed by atoms with E-state index >= 15 is 0 Å². The lowest BCUT2D eigenvalue weighted by Crippen LogP contribution is -2.20. The first-order valence-corrected chi connectivity index (χ1v) is 3.71. The molecule has 1 aromatic rings. The van der Waals surface area contributed by atoms with Gasteiger partial charge in [0, 0.05) is 18.9 Å². The van der Waals surface area contributed by atoms with Crippen molar-refractivity contribution in [3.05, 3.63) is 24.0 Å². The van der Waals surface area contributed by atoms with Crippen molar-refractivity contribution in [1.82, 2.24) is 9.88 Å². The molecule has 0 aromatic carbocycles. The Balaban J connectivity index is 2.50. The summed E-state index contributed by atoms with van der Waals surface area (Å²) in [5.41, 5.74) is 1.01. The molecule has 0 radical (unpaired) electrons. The highest BCUT2D eigenvalue weighted by molar-refractivity contribution is 7.96. The molecule has 0 saturated carbocycles. The molecule has 1 aromatic heterocycles. The maximum absolute atomic E-state index is 10.6. The van der Waals surface area contributed by atoms with Crippen LogP contribution >= 0.6 is 12.6 Å². The van der Waals surface area contributed by atoms with E-state index in [9.17, 15) is 4.79 Å². The fourth-order valence-corrected chi connectivity index (χ4v) is 0.860. The van der Waals surface area contributed by atoms with E-state index in [4.69, 9.17) is 0 Å². The van der Waals surface area contributed by atoms with Crippen molar-refractivity contribution >= 4 is 17.9 Å². The second-order valence-corrected chi connectivity index (χ2v) is 2.72. The molecule has 3 nitrogen and oxygen atoms in total. The molecule has 60 valence electrons. The molecule has 0 aliphatic carbocycles. The van der Waals surface area contributed by atoms with Crippen molar-refractivity contribution in [1.29, 1.82) is 0 Å². The van der Waals surface area contributed by atoms with Crippen LogP contribution in [-0.2, 0) is 6.54 Å². The van der Waals surface area contributed by atoms with Gasteiger partial charge in [0.15, 0.2) is 0 Å². The zero-order valence-corrected chi connectivity index (χ0v) is 7.14. The maximum atomic E-state index is 10.6. The van der Waals surface area contributed by atoms with E-state index in [2.05, 4.69) is 17.6 Å². The van der Waals surface area contributed by atoms with Gasteiger partial charge in [0.1, 0.15) is 0 Å². The summed E-state index contributed by atoms with van der Waals surface area (Å²) in [6.45, 7) is 0.579. The van der Waals surface area contributed by atoms with Crippen LogP contribution in [-0.4, -0.2) is 22.2 Å². The Morgan fingerprint density at radius 1 is 1.82 bits per heavy atom. The average molecular weight is 170 g/mol. The molecule has 0 saturated heterocycles. The lowest BCUT2D eigenvalue weighted by molar-refractivity contribution is 0.232. The fraction of sp³-hybridized carbons (Fsp3) is 0.286. The number of carbonyl (C=O) groups is 1. The van der Waals surface area contributed by atoms with Gasteiger partial charge in [0.25, 0.3) is 5.24 Å². The molecular formula is C7H10N2OS. The highest BCUT2D eigenvalue weighted by atomic mass is 32.1. The van der Waals surface area contributed by atoms with Crippen molar-refractivity contribution in [2.75, 3.05) is 7.05 Å². The van der Waals surface area contributed by atoms with Gasteiger partial charge in [-0.25, -0.2) is 0 Å². The van der Waals surface area contributed by atoms with E-state index in [0.717, 1.165) is 5.69 Å². The summed E-state index contributed by atoms with van der Waals surface area (Å²) in [4.78, 5) is 15.2. The number of aromatic amines is 1. The predicted octanol–water partition coefficient (Wildman–Crippen LogP) is 1.50. The Morgan fingerprint density at radius 3 is 3.00 bits per heavy atom. The van der Waals surface area contributed by atoms with Crippen molar-refractivity contribution in [2.45, 2.75) is 6.54 Å². The van der Waals surface area contributed by atoms with E-state index in [0.29, 0.717) is 6.54 Å². The molecule has 11 heavy (non-hydrogen) atoms. The summed E-state index contributed by atoms with van der Waals surface area (Å²) < 4.78 is 0. The Morgan fingerprint density at radius 2 is 2.55 bits per heavy atom. The molecule has 0 fully saturated rings. The summed E-state index contributed by atoms with van der Waals surface area (Å²) >= 11 is 3.68. The summed E-state index contributed by atoms with van der Waals surface area (Å²) in [6, 6.07) is 3.82. The Labute approximate surface area is 70.8 Å². The van der Waals surface area contributed by atoms with Gasteiger partial charge in [-0.1, -0.05) is 12.6 Å². The van der Waals surface area contributed by atoms with Crippen LogP contribution in [0.3, 0.4) is 0 Å². The highest BCUT2D eigenvalue weighted by Crippen LogP contribution is 2.01. The molecule has 1 rings (SSSR count). The summed E-state index contributed by atoms with van der Waals surface area (Å²) in [6.07, 6.45) is 1.83. The number of H-pyrrole nitrogens is 1. The van der Waals surface area contributed by atoms with Gasteiger partial charge in [-0.3, -0.25) is 4.79 Å². The Kier molecular flexibility index (Phi) is 2.59. The normalized spacial score (nSPS) is 9.64. The van der Waals surface area contributed by atoms with E-state index < -0.39 is 0 Å². The number of amides is 1. The van der Waals surface area contributed by atoms with E-state index in [1.165, 1.54) is 4.90 Å². The number of aromatic nitrogens is 1. The SMILES string of the molecule is CN(Cc1ccc[nH]1)C(=O)S. The minimum atomic E-state index is -0.223. The number of hydrogen-bond acceptors (Lipinski definition) is 1. The Hall–Kier alpha value is -0.900. The lowest BCUT2D eigenvalue weighted by atomic mass is 10.4. The molecule has 0 bridgehead atoms. The molecule has 0 aliphatic heterocycles. The molecule has 4 heteroatoms.